The number of hydrogen-bond donors (Lipinski definition) is 1. The molecule has 0 aromatic heterocycles. The lowest BCUT2D eigenvalue weighted by molar-refractivity contribution is -0.384. The maximum Gasteiger partial charge on any atom is 0.269 e. The minimum Gasteiger partial charge on any atom is -0.278 e. The molecule has 132 valence electrons. The highest BCUT2D eigenvalue weighted by molar-refractivity contribution is 6.44. The third-order valence-electron chi connectivity index (χ3n) is 4.42. The molecule has 0 aliphatic heterocycles. The Kier molecular flexibility index (Phi) is 6.03. The van der Waals surface area contributed by atoms with Gasteiger partial charge in [-0.3, -0.25) is 15.5 Å². The summed E-state index contributed by atoms with van der Waals surface area (Å²) in [5, 5.41) is 14.9. The first kappa shape index (κ1) is 19.2. The fourth-order valence-corrected chi connectivity index (χ4v) is 3.38. The molecule has 0 amide bonds. The zero-order chi connectivity index (χ0) is 18.7. The number of nitrogens with zero attached hydrogens (tertiary/aromatic N) is 2. The molecular formula is C18H19Cl2N3O2. The number of rotatable bonds is 5. The lowest BCUT2D eigenvalue weighted by Gasteiger charge is -2.19. The van der Waals surface area contributed by atoms with Gasteiger partial charge in [0.1, 0.15) is 4.84 Å². The van der Waals surface area contributed by atoms with E-state index in [2.05, 4.69) is 10.5 Å². The molecule has 0 saturated heterocycles. The molecular weight excluding hydrogens is 361 g/mol. The van der Waals surface area contributed by atoms with Gasteiger partial charge in [0.25, 0.3) is 5.69 Å². The van der Waals surface area contributed by atoms with Crippen molar-refractivity contribution < 1.29 is 4.92 Å². The fraction of sp³-hybridized carbons (Fsp3) is 0.278. The van der Waals surface area contributed by atoms with E-state index in [1.807, 2.05) is 27.7 Å². The van der Waals surface area contributed by atoms with Gasteiger partial charge in [0, 0.05) is 17.7 Å². The Morgan fingerprint density at radius 3 is 2.00 bits per heavy atom. The Morgan fingerprint density at radius 2 is 1.56 bits per heavy atom. The molecule has 0 unspecified atom stereocenters. The number of alkyl halides is 2. The number of benzene rings is 2. The van der Waals surface area contributed by atoms with Gasteiger partial charge in [-0.15, -0.1) is 23.2 Å². The van der Waals surface area contributed by atoms with Crippen LogP contribution in [-0.2, 0) is 0 Å². The van der Waals surface area contributed by atoms with Crippen molar-refractivity contribution in [2.45, 2.75) is 32.5 Å². The van der Waals surface area contributed by atoms with Crippen molar-refractivity contribution in [1.29, 1.82) is 0 Å². The van der Waals surface area contributed by atoms with Crippen LogP contribution in [0.25, 0.3) is 0 Å². The summed E-state index contributed by atoms with van der Waals surface area (Å²) in [6, 6.07) is 6.08. The molecule has 0 heterocycles. The van der Waals surface area contributed by atoms with Crippen LogP contribution >= 0.6 is 23.2 Å². The molecule has 0 aliphatic carbocycles. The standard InChI is InChI=1S/C18H19Cl2N3O2/c1-10-12(3)17(18(19)20)13(4)11(2)16(10)9-21-22-14-5-7-15(8-6-14)23(24)25/h5-9,18,22H,1-4H3/b21-9+. The van der Waals surface area contributed by atoms with E-state index in [0.717, 1.165) is 33.4 Å². The van der Waals surface area contributed by atoms with Gasteiger partial charge >= 0.3 is 0 Å². The number of nitro groups is 1. The normalized spacial score (nSPS) is 11.3. The summed E-state index contributed by atoms with van der Waals surface area (Å²) < 4.78 is 0. The maximum atomic E-state index is 10.7. The Bertz CT molecular complexity index is 802. The number of hydrogen-bond acceptors (Lipinski definition) is 4. The molecule has 0 atom stereocenters. The Labute approximate surface area is 156 Å². The topological polar surface area (TPSA) is 67.5 Å². The van der Waals surface area contributed by atoms with Crippen LogP contribution in [0.5, 0.6) is 0 Å². The van der Waals surface area contributed by atoms with Gasteiger partial charge in [0.2, 0.25) is 0 Å². The molecule has 0 aliphatic rings. The molecule has 0 saturated carbocycles. The van der Waals surface area contributed by atoms with E-state index in [1.54, 1.807) is 18.3 Å². The predicted octanol–water partition coefficient (Wildman–Crippen LogP) is 5.75. The van der Waals surface area contributed by atoms with Gasteiger partial charge in [-0.05, 0) is 67.6 Å². The third kappa shape index (κ3) is 4.11. The molecule has 2 aromatic rings. The summed E-state index contributed by atoms with van der Waals surface area (Å²) in [5.74, 6) is 0. The number of hydrazone groups is 1. The molecule has 7 heteroatoms. The lowest BCUT2D eigenvalue weighted by atomic mass is 9.90. The first-order valence-electron chi connectivity index (χ1n) is 7.66. The van der Waals surface area contributed by atoms with E-state index < -0.39 is 9.76 Å². The molecule has 0 fully saturated rings. The van der Waals surface area contributed by atoms with Crippen LogP contribution < -0.4 is 5.43 Å². The molecule has 0 spiro atoms. The van der Waals surface area contributed by atoms with Crippen LogP contribution in [0.3, 0.4) is 0 Å². The zero-order valence-electron chi connectivity index (χ0n) is 14.4. The Balaban J connectivity index is 2.28. The summed E-state index contributed by atoms with van der Waals surface area (Å²) in [6.07, 6.45) is 1.74. The SMILES string of the molecule is Cc1c(C)c(C(Cl)Cl)c(C)c(C)c1/C=N/Nc1ccc([N+](=O)[O-])cc1. The molecule has 5 nitrogen and oxygen atoms in total. The lowest BCUT2D eigenvalue weighted by Crippen LogP contribution is -2.05. The van der Waals surface area contributed by atoms with E-state index in [9.17, 15) is 10.1 Å². The summed E-state index contributed by atoms with van der Waals surface area (Å²) >= 11 is 12.2. The van der Waals surface area contributed by atoms with E-state index >= 15 is 0 Å². The Morgan fingerprint density at radius 1 is 1.04 bits per heavy atom. The van der Waals surface area contributed by atoms with E-state index in [-0.39, 0.29) is 5.69 Å². The minimum absolute atomic E-state index is 0.0414. The summed E-state index contributed by atoms with van der Waals surface area (Å²) in [6.45, 7) is 8.01. The summed E-state index contributed by atoms with van der Waals surface area (Å²) in [7, 11) is 0. The molecule has 2 rings (SSSR count). The zero-order valence-corrected chi connectivity index (χ0v) is 15.9. The van der Waals surface area contributed by atoms with Crippen molar-refractivity contribution in [3.63, 3.8) is 0 Å². The van der Waals surface area contributed by atoms with Gasteiger partial charge in [-0.1, -0.05) is 0 Å². The van der Waals surface area contributed by atoms with Crippen LogP contribution in [-0.4, -0.2) is 11.1 Å². The summed E-state index contributed by atoms with van der Waals surface area (Å²) in [5.41, 5.74) is 9.78. The highest BCUT2D eigenvalue weighted by atomic mass is 35.5. The van der Waals surface area contributed by atoms with Crippen molar-refractivity contribution >= 4 is 40.8 Å². The summed E-state index contributed by atoms with van der Waals surface area (Å²) in [4.78, 5) is 9.66. The largest absolute Gasteiger partial charge is 0.278 e. The van der Waals surface area contributed by atoms with E-state index in [4.69, 9.17) is 23.2 Å². The van der Waals surface area contributed by atoms with Gasteiger partial charge in [0.15, 0.2) is 0 Å². The highest BCUT2D eigenvalue weighted by Gasteiger charge is 2.17. The highest BCUT2D eigenvalue weighted by Crippen LogP contribution is 2.35. The first-order valence-corrected chi connectivity index (χ1v) is 8.53. The number of non-ortho nitro benzene ring substituents is 1. The van der Waals surface area contributed by atoms with Crippen molar-refractivity contribution in [2.75, 3.05) is 5.43 Å². The van der Waals surface area contributed by atoms with Gasteiger partial charge in [-0.2, -0.15) is 5.10 Å². The number of nitrogens with one attached hydrogen (secondary N) is 1. The third-order valence-corrected chi connectivity index (χ3v) is 4.86. The predicted molar refractivity (Wildman–Crippen MR) is 104 cm³/mol. The van der Waals surface area contributed by atoms with Crippen LogP contribution in [0.1, 0.15) is 38.2 Å². The van der Waals surface area contributed by atoms with Crippen molar-refractivity contribution in [3.8, 4) is 0 Å². The molecule has 1 N–H and O–H groups in total. The second-order valence-corrected chi connectivity index (χ2v) is 6.90. The van der Waals surface area contributed by atoms with Crippen molar-refractivity contribution in [1.82, 2.24) is 0 Å². The fourth-order valence-electron chi connectivity index (χ4n) is 2.72. The van der Waals surface area contributed by atoms with E-state index in [0.29, 0.717) is 5.69 Å². The van der Waals surface area contributed by atoms with Crippen LogP contribution in [0, 0.1) is 37.8 Å². The van der Waals surface area contributed by atoms with E-state index in [1.165, 1.54) is 12.1 Å². The second kappa shape index (κ2) is 7.85. The van der Waals surface area contributed by atoms with Crippen LogP contribution in [0.4, 0.5) is 11.4 Å². The average molecular weight is 380 g/mol. The Hall–Kier alpha value is -2.11. The monoisotopic (exact) mass is 379 g/mol. The average Bonchev–Trinajstić information content (AvgIpc) is 2.56. The minimum atomic E-state index is -0.568. The maximum absolute atomic E-state index is 10.7. The number of anilines is 1. The number of halogens is 2. The van der Waals surface area contributed by atoms with Gasteiger partial charge in [0.05, 0.1) is 16.8 Å². The van der Waals surface area contributed by atoms with Gasteiger partial charge in [-0.25, -0.2) is 0 Å². The van der Waals surface area contributed by atoms with Crippen LogP contribution in [0.15, 0.2) is 29.4 Å². The van der Waals surface area contributed by atoms with Crippen molar-refractivity contribution in [3.05, 3.63) is 67.8 Å². The van der Waals surface area contributed by atoms with Crippen molar-refractivity contribution in [2.24, 2.45) is 5.10 Å². The number of nitro benzene ring substituents is 1. The molecule has 2 aromatic carbocycles. The smallest absolute Gasteiger partial charge is 0.269 e. The molecule has 25 heavy (non-hydrogen) atoms. The van der Waals surface area contributed by atoms with Crippen LogP contribution in [0.2, 0.25) is 0 Å². The second-order valence-electron chi connectivity index (χ2n) is 5.80. The quantitative estimate of drug-likeness (QED) is 0.311. The molecule has 0 bridgehead atoms. The molecule has 0 radical (unpaired) electrons. The first-order chi connectivity index (χ1) is 11.7. The van der Waals surface area contributed by atoms with Gasteiger partial charge < -0.3 is 0 Å².